The average molecular weight is 461 g/mol. The first-order valence-electron chi connectivity index (χ1n) is 10.0. The fourth-order valence-electron chi connectivity index (χ4n) is 3.07. The fraction of sp³-hybridized carbons (Fsp3) is 0.273. The molecule has 174 valence electrons. The van der Waals surface area contributed by atoms with E-state index in [-0.39, 0.29) is 11.9 Å². The van der Waals surface area contributed by atoms with Gasteiger partial charge in [0.1, 0.15) is 5.82 Å². The summed E-state index contributed by atoms with van der Waals surface area (Å²) in [6.45, 7) is 5.97. The highest BCUT2D eigenvalue weighted by Gasteiger charge is 2.38. The van der Waals surface area contributed by atoms with Crippen molar-refractivity contribution >= 4 is 33.9 Å². The molecule has 4 rings (SSSR count). The molecule has 33 heavy (non-hydrogen) atoms. The van der Waals surface area contributed by atoms with Crippen LogP contribution in [0.3, 0.4) is 0 Å². The van der Waals surface area contributed by atoms with Crippen molar-refractivity contribution in [3.63, 3.8) is 0 Å². The number of aromatic nitrogens is 4. The van der Waals surface area contributed by atoms with Crippen LogP contribution in [0.4, 0.5) is 13.2 Å². The first-order chi connectivity index (χ1) is 15.5. The number of carbonyl (C=O) groups is 2. The first kappa shape index (κ1) is 23.8. The largest absolute Gasteiger partial charge is 0.490 e. The van der Waals surface area contributed by atoms with Gasteiger partial charge in [-0.2, -0.15) is 13.2 Å². The van der Waals surface area contributed by atoms with Crippen LogP contribution in [0.5, 0.6) is 0 Å². The number of amides is 1. The minimum Gasteiger partial charge on any atom is -0.475 e. The van der Waals surface area contributed by atoms with E-state index in [4.69, 9.17) is 9.90 Å². The lowest BCUT2D eigenvalue weighted by Gasteiger charge is -2.11. The first-order valence-corrected chi connectivity index (χ1v) is 10.0. The van der Waals surface area contributed by atoms with Crippen molar-refractivity contribution in [2.45, 2.75) is 39.4 Å². The third kappa shape index (κ3) is 5.48. The van der Waals surface area contributed by atoms with Crippen LogP contribution in [0, 0.1) is 6.92 Å². The molecular weight excluding hydrogens is 439 g/mol. The van der Waals surface area contributed by atoms with Crippen LogP contribution in [0.1, 0.15) is 36.5 Å². The minimum atomic E-state index is -5.08. The van der Waals surface area contributed by atoms with E-state index in [0.29, 0.717) is 11.2 Å². The molecule has 0 aliphatic rings. The second kappa shape index (κ2) is 9.31. The third-order valence-electron chi connectivity index (χ3n) is 4.92. The summed E-state index contributed by atoms with van der Waals surface area (Å²) in [6, 6.07) is 9.92. The number of alkyl halides is 3. The summed E-state index contributed by atoms with van der Waals surface area (Å²) in [5.41, 5.74) is 5.17. The monoisotopic (exact) mass is 461 g/mol. The van der Waals surface area contributed by atoms with Crippen molar-refractivity contribution in [3.8, 4) is 11.3 Å². The number of pyridine rings is 1. The molecule has 0 unspecified atom stereocenters. The summed E-state index contributed by atoms with van der Waals surface area (Å²) < 4.78 is 31.7. The van der Waals surface area contributed by atoms with Crippen molar-refractivity contribution in [1.82, 2.24) is 25.3 Å². The van der Waals surface area contributed by atoms with Crippen LogP contribution < -0.4 is 5.32 Å². The van der Waals surface area contributed by atoms with E-state index in [1.54, 1.807) is 6.20 Å². The molecule has 3 heterocycles. The molecular formula is C22H22F3N5O3. The van der Waals surface area contributed by atoms with E-state index in [1.807, 2.05) is 38.1 Å². The van der Waals surface area contributed by atoms with Gasteiger partial charge in [0.25, 0.3) is 5.91 Å². The Kier molecular flexibility index (Phi) is 6.70. The van der Waals surface area contributed by atoms with Gasteiger partial charge in [-0.25, -0.2) is 14.8 Å². The molecule has 11 heteroatoms. The molecule has 0 bridgehead atoms. The summed E-state index contributed by atoms with van der Waals surface area (Å²) in [5, 5.41) is 11.2. The second-order valence-corrected chi connectivity index (χ2v) is 7.45. The second-order valence-electron chi connectivity index (χ2n) is 7.45. The summed E-state index contributed by atoms with van der Waals surface area (Å²) in [4.78, 5) is 36.6. The highest BCUT2D eigenvalue weighted by atomic mass is 19.4. The number of hydrogen-bond acceptors (Lipinski definition) is 4. The Hall–Kier alpha value is -3.89. The van der Waals surface area contributed by atoms with E-state index in [0.717, 1.165) is 39.9 Å². The molecule has 3 aromatic heterocycles. The molecule has 0 saturated heterocycles. The smallest absolute Gasteiger partial charge is 0.475 e. The molecule has 1 amide bonds. The maximum Gasteiger partial charge on any atom is 0.490 e. The van der Waals surface area contributed by atoms with Gasteiger partial charge in [0.15, 0.2) is 5.65 Å². The number of aromatic amines is 2. The number of hydrogen-bond donors (Lipinski definition) is 4. The fourth-order valence-corrected chi connectivity index (χ4v) is 3.07. The number of aryl methyl sites for hydroxylation is 1. The third-order valence-corrected chi connectivity index (χ3v) is 4.92. The highest BCUT2D eigenvalue weighted by molar-refractivity contribution is 6.00. The number of rotatable bonds is 4. The number of H-pyrrole nitrogens is 2. The Morgan fingerprint density at radius 2 is 1.88 bits per heavy atom. The minimum absolute atomic E-state index is 0.0482. The molecule has 0 fully saturated rings. The zero-order valence-corrected chi connectivity index (χ0v) is 18.0. The average Bonchev–Trinajstić information content (AvgIpc) is 3.34. The van der Waals surface area contributed by atoms with Crippen molar-refractivity contribution in [2.24, 2.45) is 0 Å². The SMILES string of the molecule is CC[C@@H](C)NC(=O)c1ccc2cc(-c3ccnc4nc(C)[nH]c34)[nH]c2c1.O=C(O)C(F)(F)F. The summed E-state index contributed by atoms with van der Waals surface area (Å²) in [5.74, 6) is -1.97. The zero-order chi connectivity index (χ0) is 24.3. The molecule has 8 nitrogen and oxygen atoms in total. The van der Waals surface area contributed by atoms with Crippen LogP contribution >= 0.6 is 0 Å². The Bertz CT molecular complexity index is 1310. The summed E-state index contributed by atoms with van der Waals surface area (Å²) in [6.07, 6.45) is -2.42. The van der Waals surface area contributed by atoms with Crippen LogP contribution in [0.2, 0.25) is 0 Å². The van der Waals surface area contributed by atoms with E-state index in [1.165, 1.54) is 0 Å². The molecule has 1 aromatic carbocycles. The van der Waals surface area contributed by atoms with Crippen LogP contribution in [-0.4, -0.2) is 49.1 Å². The van der Waals surface area contributed by atoms with Crippen molar-refractivity contribution < 1.29 is 27.9 Å². The number of imidazole rings is 1. The van der Waals surface area contributed by atoms with Crippen molar-refractivity contribution in [2.75, 3.05) is 0 Å². The van der Waals surface area contributed by atoms with E-state index < -0.39 is 12.1 Å². The number of carboxylic acid groups (broad SMARTS) is 1. The number of benzene rings is 1. The lowest BCUT2D eigenvalue weighted by atomic mass is 10.1. The zero-order valence-electron chi connectivity index (χ0n) is 18.0. The standard InChI is InChI=1S/C20H21N5O.C2HF3O2/c1-4-11(2)22-20(26)14-6-5-13-9-17(25-16(13)10-14)15-7-8-21-19-18(15)23-12(3)24-19;3-2(4,5)1(6)7/h5-11,25H,4H2,1-3H3,(H,22,26)(H,21,23,24);(H,6,7)/t11-;/m1./s1. The number of nitrogens with one attached hydrogen (secondary N) is 3. The van der Waals surface area contributed by atoms with Crippen molar-refractivity contribution in [3.05, 3.63) is 47.9 Å². The Balaban J connectivity index is 0.000000383. The Morgan fingerprint density at radius 3 is 2.52 bits per heavy atom. The van der Waals surface area contributed by atoms with Crippen LogP contribution in [0.15, 0.2) is 36.5 Å². The van der Waals surface area contributed by atoms with Gasteiger partial charge in [0, 0.05) is 40.0 Å². The van der Waals surface area contributed by atoms with E-state index in [9.17, 15) is 18.0 Å². The number of carboxylic acids is 1. The predicted molar refractivity (Wildman–Crippen MR) is 117 cm³/mol. The van der Waals surface area contributed by atoms with Gasteiger partial charge in [0.05, 0.1) is 5.52 Å². The van der Waals surface area contributed by atoms with Gasteiger partial charge < -0.3 is 20.4 Å². The van der Waals surface area contributed by atoms with E-state index in [2.05, 4.69) is 38.2 Å². The molecule has 0 aliphatic heterocycles. The lowest BCUT2D eigenvalue weighted by molar-refractivity contribution is -0.192. The Morgan fingerprint density at radius 1 is 1.18 bits per heavy atom. The molecule has 0 saturated carbocycles. The molecule has 1 atom stereocenters. The molecule has 0 aliphatic carbocycles. The topological polar surface area (TPSA) is 124 Å². The van der Waals surface area contributed by atoms with Gasteiger partial charge in [-0.3, -0.25) is 4.79 Å². The Labute approximate surface area is 186 Å². The normalized spacial score (nSPS) is 12.3. The van der Waals surface area contributed by atoms with Crippen LogP contribution in [0.25, 0.3) is 33.3 Å². The van der Waals surface area contributed by atoms with Gasteiger partial charge >= 0.3 is 12.1 Å². The number of carbonyl (C=O) groups excluding carboxylic acids is 1. The molecule has 4 aromatic rings. The predicted octanol–water partition coefficient (Wildman–Crippen LogP) is 4.58. The van der Waals surface area contributed by atoms with E-state index >= 15 is 0 Å². The summed E-state index contributed by atoms with van der Waals surface area (Å²) in [7, 11) is 0. The van der Waals surface area contributed by atoms with Gasteiger partial charge in [-0.15, -0.1) is 0 Å². The highest BCUT2D eigenvalue weighted by Crippen LogP contribution is 2.29. The van der Waals surface area contributed by atoms with Crippen LogP contribution in [-0.2, 0) is 4.79 Å². The molecule has 0 radical (unpaired) electrons. The lowest BCUT2D eigenvalue weighted by Crippen LogP contribution is -2.31. The number of nitrogens with zero attached hydrogens (tertiary/aromatic N) is 2. The summed E-state index contributed by atoms with van der Waals surface area (Å²) >= 11 is 0. The maximum absolute atomic E-state index is 12.4. The molecule has 0 spiro atoms. The van der Waals surface area contributed by atoms with Gasteiger partial charge in [0.2, 0.25) is 0 Å². The molecule has 4 N–H and O–H groups in total. The number of aliphatic carboxylic acids is 1. The van der Waals surface area contributed by atoms with Gasteiger partial charge in [-0.05, 0) is 44.5 Å². The van der Waals surface area contributed by atoms with Crippen molar-refractivity contribution in [1.29, 1.82) is 0 Å². The number of fused-ring (bicyclic) bond motifs is 2. The number of halogens is 3. The maximum atomic E-state index is 12.4. The quantitative estimate of drug-likeness (QED) is 0.354. The van der Waals surface area contributed by atoms with Gasteiger partial charge in [-0.1, -0.05) is 13.0 Å².